The zero-order valence-corrected chi connectivity index (χ0v) is 17.8. The summed E-state index contributed by atoms with van der Waals surface area (Å²) in [4.78, 5) is 16.0. The van der Waals surface area contributed by atoms with Gasteiger partial charge in [0.25, 0.3) is 10.2 Å². The highest BCUT2D eigenvalue weighted by Gasteiger charge is 2.21. The number of carbonyl (C=O) groups is 1. The molecule has 160 valence electrons. The average molecular weight is 431 g/mol. The van der Waals surface area contributed by atoms with Gasteiger partial charge in [0.2, 0.25) is 0 Å². The zero-order chi connectivity index (χ0) is 21.7. The molecular weight excluding hydrogens is 404 g/mol. The van der Waals surface area contributed by atoms with Crippen LogP contribution in [0.5, 0.6) is 0 Å². The van der Waals surface area contributed by atoms with Gasteiger partial charge in [0.05, 0.1) is 5.92 Å². The van der Waals surface area contributed by atoms with Gasteiger partial charge in [-0.1, -0.05) is 24.3 Å². The Balaban J connectivity index is 1.80. The van der Waals surface area contributed by atoms with Crippen molar-refractivity contribution < 1.29 is 18.3 Å². The molecule has 0 saturated heterocycles. The SMILES string of the molecule is CN(C)S(=O)(=O)NCCC(Cn1cc(Cc2cccnc2)c2ccccc21)C(=O)O. The molecule has 0 aliphatic heterocycles. The number of hydrogen-bond acceptors (Lipinski definition) is 4. The van der Waals surface area contributed by atoms with Crippen molar-refractivity contribution in [1.82, 2.24) is 18.6 Å². The smallest absolute Gasteiger partial charge is 0.308 e. The minimum absolute atomic E-state index is 0.0548. The molecule has 0 saturated carbocycles. The lowest BCUT2D eigenvalue weighted by Gasteiger charge is -2.16. The van der Waals surface area contributed by atoms with Gasteiger partial charge in [-0.25, -0.2) is 4.72 Å². The fourth-order valence-corrected chi connectivity index (χ4v) is 3.99. The molecule has 9 heteroatoms. The van der Waals surface area contributed by atoms with Crippen LogP contribution in [0.3, 0.4) is 0 Å². The molecule has 2 aromatic heterocycles. The fourth-order valence-electron chi connectivity index (χ4n) is 3.36. The number of benzene rings is 1. The van der Waals surface area contributed by atoms with Gasteiger partial charge in [0, 0.05) is 63.1 Å². The summed E-state index contributed by atoms with van der Waals surface area (Å²) in [6.45, 7) is 0.311. The van der Waals surface area contributed by atoms with E-state index in [0.717, 1.165) is 26.3 Å². The van der Waals surface area contributed by atoms with Crippen LogP contribution >= 0.6 is 0 Å². The number of aromatic nitrogens is 2. The Morgan fingerprint density at radius 3 is 2.67 bits per heavy atom. The summed E-state index contributed by atoms with van der Waals surface area (Å²) in [5, 5.41) is 10.7. The van der Waals surface area contributed by atoms with Crippen LogP contribution in [0.25, 0.3) is 10.9 Å². The Morgan fingerprint density at radius 1 is 1.23 bits per heavy atom. The molecule has 3 aromatic rings. The lowest BCUT2D eigenvalue weighted by atomic mass is 10.1. The van der Waals surface area contributed by atoms with E-state index in [1.165, 1.54) is 14.1 Å². The van der Waals surface area contributed by atoms with Crippen LogP contribution in [0.15, 0.2) is 55.0 Å². The Labute approximate surface area is 176 Å². The largest absolute Gasteiger partial charge is 0.481 e. The Hall–Kier alpha value is -2.75. The van der Waals surface area contributed by atoms with E-state index in [0.29, 0.717) is 6.42 Å². The number of para-hydroxylation sites is 1. The van der Waals surface area contributed by atoms with Gasteiger partial charge >= 0.3 is 5.97 Å². The molecule has 2 N–H and O–H groups in total. The predicted molar refractivity (Wildman–Crippen MR) is 115 cm³/mol. The minimum Gasteiger partial charge on any atom is -0.481 e. The van der Waals surface area contributed by atoms with Gasteiger partial charge in [-0.05, 0) is 29.7 Å². The molecule has 0 bridgehead atoms. The number of aliphatic carboxylic acids is 1. The van der Waals surface area contributed by atoms with Gasteiger partial charge in [0.15, 0.2) is 0 Å². The van der Waals surface area contributed by atoms with Crippen LogP contribution in [0.4, 0.5) is 0 Å². The number of rotatable bonds is 10. The predicted octanol–water partition coefficient (Wildman–Crippen LogP) is 2.11. The standard InChI is InChI=1S/C21H26N4O4S/c1-24(2)30(28,29)23-11-9-17(21(26)27)14-25-15-18(12-16-6-5-10-22-13-16)19-7-3-4-8-20(19)25/h3-8,10,13,15,17,23H,9,11-12,14H2,1-2H3,(H,26,27). The molecule has 8 nitrogen and oxygen atoms in total. The Morgan fingerprint density at radius 2 is 2.00 bits per heavy atom. The first-order chi connectivity index (χ1) is 14.3. The molecule has 30 heavy (non-hydrogen) atoms. The molecule has 3 rings (SSSR count). The lowest BCUT2D eigenvalue weighted by molar-refractivity contribution is -0.142. The summed E-state index contributed by atoms with van der Waals surface area (Å²) in [5.74, 6) is -1.68. The molecule has 1 atom stereocenters. The van der Waals surface area contributed by atoms with Crippen LogP contribution in [0, 0.1) is 5.92 Å². The summed E-state index contributed by atoms with van der Waals surface area (Å²) in [7, 11) is -0.733. The molecule has 0 aliphatic rings. The molecule has 2 heterocycles. The summed E-state index contributed by atoms with van der Waals surface area (Å²) in [6.07, 6.45) is 6.42. The average Bonchev–Trinajstić information content (AvgIpc) is 3.05. The summed E-state index contributed by atoms with van der Waals surface area (Å²) in [5.41, 5.74) is 3.13. The fraction of sp³-hybridized carbons (Fsp3) is 0.333. The second-order valence-corrected chi connectivity index (χ2v) is 9.34. The number of hydrogen-bond donors (Lipinski definition) is 2. The van der Waals surface area contributed by atoms with Crippen LogP contribution in [0.1, 0.15) is 17.5 Å². The lowest BCUT2D eigenvalue weighted by Crippen LogP contribution is -2.37. The quantitative estimate of drug-likeness (QED) is 0.513. The molecule has 0 amide bonds. The van der Waals surface area contributed by atoms with Crippen LogP contribution in [-0.2, 0) is 28.0 Å². The highest BCUT2D eigenvalue weighted by molar-refractivity contribution is 7.87. The van der Waals surface area contributed by atoms with Crippen molar-refractivity contribution in [2.45, 2.75) is 19.4 Å². The van der Waals surface area contributed by atoms with Gasteiger partial charge < -0.3 is 9.67 Å². The number of nitrogens with zero attached hydrogens (tertiary/aromatic N) is 3. The van der Waals surface area contributed by atoms with Gasteiger partial charge in [-0.15, -0.1) is 0 Å². The Bertz CT molecular complexity index is 1110. The molecule has 0 radical (unpaired) electrons. The first kappa shape index (κ1) is 21.9. The summed E-state index contributed by atoms with van der Waals surface area (Å²) in [6, 6.07) is 11.8. The maximum absolute atomic E-state index is 11.8. The molecular formula is C21H26N4O4S. The first-order valence-corrected chi connectivity index (χ1v) is 11.1. The van der Waals surface area contributed by atoms with E-state index in [2.05, 4.69) is 9.71 Å². The van der Waals surface area contributed by atoms with Crippen LogP contribution in [-0.4, -0.2) is 54.0 Å². The van der Waals surface area contributed by atoms with Crippen LogP contribution in [0.2, 0.25) is 0 Å². The van der Waals surface area contributed by atoms with Gasteiger partial charge in [-0.2, -0.15) is 12.7 Å². The number of pyridine rings is 1. The number of fused-ring (bicyclic) bond motifs is 1. The molecule has 0 aliphatic carbocycles. The highest BCUT2D eigenvalue weighted by atomic mass is 32.2. The van der Waals surface area contributed by atoms with Crippen molar-refractivity contribution in [3.8, 4) is 0 Å². The van der Waals surface area contributed by atoms with Crippen molar-refractivity contribution in [1.29, 1.82) is 0 Å². The van der Waals surface area contributed by atoms with Gasteiger partial charge in [0.1, 0.15) is 0 Å². The Kier molecular flexibility index (Phi) is 6.86. The second-order valence-electron chi connectivity index (χ2n) is 7.37. The topological polar surface area (TPSA) is 105 Å². The van der Waals surface area contributed by atoms with Crippen LogP contribution < -0.4 is 4.72 Å². The van der Waals surface area contributed by atoms with Crippen molar-refractivity contribution in [3.63, 3.8) is 0 Å². The zero-order valence-electron chi connectivity index (χ0n) is 17.0. The minimum atomic E-state index is -3.58. The maximum Gasteiger partial charge on any atom is 0.308 e. The number of carboxylic acid groups (broad SMARTS) is 1. The van der Waals surface area contributed by atoms with E-state index in [4.69, 9.17) is 0 Å². The van der Waals surface area contributed by atoms with E-state index in [1.54, 1.807) is 6.20 Å². The normalized spacial score (nSPS) is 13.0. The highest BCUT2D eigenvalue weighted by Crippen LogP contribution is 2.25. The third kappa shape index (κ3) is 5.24. The third-order valence-corrected chi connectivity index (χ3v) is 6.54. The maximum atomic E-state index is 11.8. The van der Waals surface area contributed by atoms with E-state index < -0.39 is 22.1 Å². The summed E-state index contributed by atoms with van der Waals surface area (Å²) < 4.78 is 29.1. The molecule has 1 unspecified atom stereocenters. The van der Waals surface area contributed by atoms with Gasteiger partial charge in [-0.3, -0.25) is 9.78 Å². The van der Waals surface area contributed by atoms with Crippen molar-refractivity contribution in [2.75, 3.05) is 20.6 Å². The molecule has 0 spiro atoms. The van der Waals surface area contributed by atoms with Crippen molar-refractivity contribution in [2.24, 2.45) is 5.92 Å². The number of nitrogens with one attached hydrogen (secondary N) is 1. The van der Waals surface area contributed by atoms with E-state index in [1.807, 2.05) is 53.4 Å². The third-order valence-electron chi connectivity index (χ3n) is 5.01. The summed E-state index contributed by atoms with van der Waals surface area (Å²) >= 11 is 0. The van der Waals surface area contributed by atoms with Crippen molar-refractivity contribution in [3.05, 3.63) is 66.1 Å². The monoisotopic (exact) mass is 430 g/mol. The van der Waals surface area contributed by atoms with E-state index in [-0.39, 0.29) is 19.5 Å². The first-order valence-electron chi connectivity index (χ1n) is 9.63. The van der Waals surface area contributed by atoms with E-state index in [9.17, 15) is 18.3 Å². The van der Waals surface area contributed by atoms with Crippen molar-refractivity contribution >= 4 is 27.1 Å². The molecule has 0 fully saturated rings. The second kappa shape index (κ2) is 9.38. The van der Waals surface area contributed by atoms with E-state index >= 15 is 0 Å². The molecule has 1 aromatic carbocycles. The number of carboxylic acids is 1.